The van der Waals surface area contributed by atoms with E-state index in [2.05, 4.69) is 34.7 Å². The Bertz CT molecular complexity index is 1050. The van der Waals surface area contributed by atoms with Crippen LogP contribution in [0.1, 0.15) is 11.3 Å². The second-order valence-electron chi connectivity index (χ2n) is 6.21. The lowest BCUT2D eigenvalue weighted by Gasteiger charge is -2.08. The summed E-state index contributed by atoms with van der Waals surface area (Å²) in [6, 6.07) is 20.3. The number of thiophene rings is 1. The molecule has 0 aliphatic rings. The van der Waals surface area contributed by atoms with Crippen LogP contribution in [-0.4, -0.2) is 15.7 Å². The van der Waals surface area contributed by atoms with Crippen LogP contribution in [-0.2, 0) is 24.8 Å². The van der Waals surface area contributed by atoms with Gasteiger partial charge < -0.3 is 5.32 Å². The number of rotatable bonds is 5. The Morgan fingerprint density at radius 3 is 2.81 bits per heavy atom. The summed E-state index contributed by atoms with van der Waals surface area (Å²) in [4.78, 5) is 13.6. The zero-order valence-electron chi connectivity index (χ0n) is 14.5. The quantitative estimate of drug-likeness (QED) is 0.580. The van der Waals surface area contributed by atoms with Crippen molar-refractivity contribution in [3.8, 4) is 10.6 Å². The lowest BCUT2D eigenvalue weighted by atomic mass is 10.0. The minimum atomic E-state index is 0.0141. The summed E-state index contributed by atoms with van der Waals surface area (Å²) in [6.45, 7) is 0.471. The predicted octanol–water partition coefficient (Wildman–Crippen LogP) is 4.16. The van der Waals surface area contributed by atoms with E-state index in [-0.39, 0.29) is 5.91 Å². The number of nitrogens with one attached hydrogen (secondary N) is 1. The molecule has 0 spiro atoms. The molecule has 4 aromatic rings. The van der Waals surface area contributed by atoms with Crippen molar-refractivity contribution >= 4 is 28.0 Å². The Morgan fingerprint density at radius 2 is 1.96 bits per heavy atom. The van der Waals surface area contributed by atoms with Gasteiger partial charge in [-0.1, -0.05) is 48.5 Å². The molecule has 0 saturated carbocycles. The minimum Gasteiger partial charge on any atom is -0.350 e. The highest BCUT2D eigenvalue weighted by molar-refractivity contribution is 7.13. The largest absolute Gasteiger partial charge is 0.350 e. The van der Waals surface area contributed by atoms with Gasteiger partial charge in [-0.25, -0.2) is 0 Å². The van der Waals surface area contributed by atoms with Gasteiger partial charge in [-0.2, -0.15) is 5.10 Å². The predicted molar refractivity (Wildman–Crippen MR) is 106 cm³/mol. The van der Waals surface area contributed by atoms with Crippen LogP contribution < -0.4 is 5.32 Å². The number of aromatic nitrogens is 2. The van der Waals surface area contributed by atoms with E-state index < -0.39 is 0 Å². The van der Waals surface area contributed by atoms with Crippen LogP contribution in [0.5, 0.6) is 0 Å². The molecular formula is C21H19N3OS. The lowest BCUT2D eigenvalue weighted by molar-refractivity contribution is -0.120. The second kappa shape index (κ2) is 7.14. The summed E-state index contributed by atoms with van der Waals surface area (Å²) in [5.41, 5.74) is 2.98. The molecule has 5 heteroatoms. The average Bonchev–Trinajstić information content (AvgIpc) is 3.30. The highest BCUT2D eigenvalue weighted by Crippen LogP contribution is 2.24. The summed E-state index contributed by atoms with van der Waals surface area (Å²) < 4.78 is 1.83. The summed E-state index contributed by atoms with van der Waals surface area (Å²) in [5, 5.41) is 11.9. The molecule has 0 aliphatic heterocycles. The monoisotopic (exact) mass is 361 g/mol. The third-order valence-electron chi connectivity index (χ3n) is 4.45. The van der Waals surface area contributed by atoms with Crippen molar-refractivity contribution in [3.05, 3.63) is 77.3 Å². The molecule has 0 bridgehead atoms. The smallest absolute Gasteiger partial charge is 0.224 e. The molecule has 0 unspecified atom stereocenters. The zero-order chi connectivity index (χ0) is 17.9. The van der Waals surface area contributed by atoms with Crippen molar-refractivity contribution in [1.82, 2.24) is 15.1 Å². The molecule has 4 nitrogen and oxygen atoms in total. The summed E-state index contributed by atoms with van der Waals surface area (Å²) >= 11 is 1.66. The van der Waals surface area contributed by atoms with Gasteiger partial charge in [-0.3, -0.25) is 9.48 Å². The normalized spacial score (nSPS) is 11.0. The first-order valence-electron chi connectivity index (χ1n) is 8.51. The minimum absolute atomic E-state index is 0.0141. The molecular weight excluding hydrogens is 342 g/mol. The Balaban J connectivity index is 1.44. The van der Waals surface area contributed by atoms with Crippen LogP contribution in [0.25, 0.3) is 21.3 Å². The highest BCUT2D eigenvalue weighted by Gasteiger charge is 2.11. The summed E-state index contributed by atoms with van der Waals surface area (Å²) in [5.74, 6) is 0.0141. The standard InChI is InChI=1S/C21H19N3OS/c1-24-17(13-19(23-24)20-10-5-11-26-20)14-22-21(25)12-16-8-4-7-15-6-2-3-9-18(15)16/h2-11,13H,12,14H2,1H3,(H,22,25). The fraction of sp³-hybridized carbons (Fsp3) is 0.143. The molecule has 0 atom stereocenters. The van der Waals surface area contributed by atoms with Crippen LogP contribution in [0, 0.1) is 0 Å². The molecule has 1 N–H and O–H groups in total. The van der Waals surface area contributed by atoms with Crippen molar-refractivity contribution < 1.29 is 4.79 Å². The van der Waals surface area contributed by atoms with Crippen LogP contribution in [0.15, 0.2) is 66.0 Å². The number of carbonyl (C=O) groups excluding carboxylic acids is 1. The molecule has 2 heterocycles. The van der Waals surface area contributed by atoms with Gasteiger partial charge >= 0.3 is 0 Å². The fourth-order valence-corrected chi connectivity index (χ4v) is 3.77. The molecule has 130 valence electrons. The van der Waals surface area contributed by atoms with Gasteiger partial charge in [0.1, 0.15) is 5.69 Å². The maximum absolute atomic E-state index is 12.4. The Kier molecular flexibility index (Phi) is 4.54. The van der Waals surface area contributed by atoms with Crippen molar-refractivity contribution in [2.45, 2.75) is 13.0 Å². The van der Waals surface area contributed by atoms with E-state index in [0.717, 1.165) is 32.6 Å². The average molecular weight is 361 g/mol. The van der Waals surface area contributed by atoms with E-state index in [1.165, 1.54) is 0 Å². The molecule has 1 amide bonds. The first kappa shape index (κ1) is 16.5. The Labute approximate surface area is 156 Å². The topological polar surface area (TPSA) is 46.9 Å². The van der Waals surface area contributed by atoms with Crippen molar-refractivity contribution in [3.63, 3.8) is 0 Å². The van der Waals surface area contributed by atoms with E-state index >= 15 is 0 Å². The molecule has 0 radical (unpaired) electrons. The van der Waals surface area contributed by atoms with Gasteiger partial charge in [0.15, 0.2) is 0 Å². The number of hydrogen-bond acceptors (Lipinski definition) is 3. The van der Waals surface area contributed by atoms with Crippen LogP contribution in [0.3, 0.4) is 0 Å². The van der Waals surface area contributed by atoms with Gasteiger partial charge in [0.25, 0.3) is 0 Å². The lowest BCUT2D eigenvalue weighted by Crippen LogP contribution is -2.25. The highest BCUT2D eigenvalue weighted by atomic mass is 32.1. The summed E-state index contributed by atoms with van der Waals surface area (Å²) in [7, 11) is 1.91. The van der Waals surface area contributed by atoms with E-state index in [9.17, 15) is 4.79 Å². The maximum atomic E-state index is 12.4. The van der Waals surface area contributed by atoms with Crippen molar-refractivity contribution in [1.29, 1.82) is 0 Å². The van der Waals surface area contributed by atoms with Gasteiger partial charge in [0, 0.05) is 7.05 Å². The molecule has 2 aromatic carbocycles. The second-order valence-corrected chi connectivity index (χ2v) is 7.16. The van der Waals surface area contributed by atoms with Crippen LogP contribution >= 0.6 is 11.3 Å². The van der Waals surface area contributed by atoms with Gasteiger partial charge in [0.2, 0.25) is 5.91 Å². The Hall–Kier alpha value is -2.92. The number of carbonyl (C=O) groups is 1. The number of hydrogen-bond donors (Lipinski definition) is 1. The fourth-order valence-electron chi connectivity index (χ4n) is 3.09. The molecule has 0 aliphatic carbocycles. The Morgan fingerprint density at radius 1 is 1.12 bits per heavy atom. The number of nitrogens with zero attached hydrogens (tertiary/aromatic N) is 2. The van der Waals surface area contributed by atoms with Gasteiger partial charge in [-0.15, -0.1) is 11.3 Å². The van der Waals surface area contributed by atoms with Gasteiger partial charge in [-0.05, 0) is 33.8 Å². The van der Waals surface area contributed by atoms with Crippen molar-refractivity contribution in [2.24, 2.45) is 7.05 Å². The van der Waals surface area contributed by atoms with Crippen LogP contribution in [0.2, 0.25) is 0 Å². The number of aryl methyl sites for hydroxylation is 1. The molecule has 2 aromatic heterocycles. The van der Waals surface area contributed by atoms with Crippen LogP contribution in [0.4, 0.5) is 0 Å². The number of fused-ring (bicyclic) bond motifs is 1. The van der Waals surface area contributed by atoms with Crippen molar-refractivity contribution in [2.75, 3.05) is 0 Å². The zero-order valence-corrected chi connectivity index (χ0v) is 15.3. The van der Waals surface area contributed by atoms with E-state index in [1.807, 2.05) is 53.5 Å². The number of amides is 1. The maximum Gasteiger partial charge on any atom is 0.224 e. The molecule has 0 saturated heterocycles. The van der Waals surface area contributed by atoms with E-state index in [1.54, 1.807) is 11.3 Å². The SMILES string of the molecule is Cn1nc(-c2cccs2)cc1CNC(=O)Cc1cccc2ccccc12. The third-order valence-corrected chi connectivity index (χ3v) is 5.34. The first-order chi connectivity index (χ1) is 12.7. The third kappa shape index (κ3) is 3.39. The van der Waals surface area contributed by atoms with E-state index in [0.29, 0.717) is 13.0 Å². The molecule has 4 rings (SSSR count). The molecule has 0 fully saturated rings. The number of benzene rings is 2. The molecule has 26 heavy (non-hydrogen) atoms. The van der Waals surface area contributed by atoms with E-state index in [4.69, 9.17) is 0 Å². The summed E-state index contributed by atoms with van der Waals surface area (Å²) in [6.07, 6.45) is 0.372. The first-order valence-corrected chi connectivity index (χ1v) is 9.39. The van der Waals surface area contributed by atoms with Gasteiger partial charge in [0.05, 0.1) is 23.5 Å².